The summed E-state index contributed by atoms with van der Waals surface area (Å²) in [6, 6.07) is 8.57. The van der Waals surface area contributed by atoms with Crippen molar-refractivity contribution < 1.29 is 27.1 Å². The van der Waals surface area contributed by atoms with Gasteiger partial charge in [0.05, 0.1) is 5.69 Å². The van der Waals surface area contributed by atoms with Gasteiger partial charge in [-0.1, -0.05) is 6.07 Å². The molecule has 0 saturated carbocycles. The van der Waals surface area contributed by atoms with Crippen LogP contribution in [0.5, 0.6) is 5.75 Å². The molecule has 0 unspecified atom stereocenters. The van der Waals surface area contributed by atoms with Crippen molar-refractivity contribution >= 4 is 11.6 Å². The fourth-order valence-corrected chi connectivity index (χ4v) is 2.06. The molecule has 1 N–H and O–H groups in total. The second kappa shape index (κ2) is 7.21. The zero-order valence-electron chi connectivity index (χ0n) is 12.9. The first-order valence-electron chi connectivity index (χ1n) is 7.16. The molecule has 0 aliphatic carbocycles. The Bertz CT molecular complexity index is 908. The number of nitrogens with zero attached hydrogens (tertiary/aromatic N) is 3. The number of carbonyl (C=O) groups excluding carboxylic acids is 1. The Morgan fingerprint density at radius 1 is 1.08 bits per heavy atom. The monoisotopic (exact) mass is 366 g/mol. The number of para-hydroxylation sites is 1. The van der Waals surface area contributed by atoms with Gasteiger partial charge in [-0.25, -0.2) is 18.4 Å². The van der Waals surface area contributed by atoms with Crippen LogP contribution in [0, 0.1) is 11.6 Å². The van der Waals surface area contributed by atoms with Crippen LogP contribution in [0.3, 0.4) is 0 Å². The van der Waals surface area contributed by atoms with Gasteiger partial charge in [0.1, 0.15) is 29.4 Å². The van der Waals surface area contributed by atoms with Crippen LogP contribution < -0.4 is 10.1 Å². The number of rotatable bonds is 5. The van der Waals surface area contributed by atoms with E-state index in [1.807, 2.05) is 0 Å². The molecule has 0 atom stereocenters. The molecule has 0 aliphatic rings. The molecule has 10 heteroatoms. The Morgan fingerprint density at radius 3 is 2.35 bits per heavy atom. The Labute approximate surface area is 144 Å². The van der Waals surface area contributed by atoms with Crippen LogP contribution in [0.2, 0.25) is 0 Å². The molecule has 1 amide bonds. The summed E-state index contributed by atoms with van der Waals surface area (Å²) in [7, 11) is 0. The lowest BCUT2D eigenvalue weighted by atomic mass is 10.3. The normalized spacial score (nSPS) is 10.8. The van der Waals surface area contributed by atoms with E-state index >= 15 is 0 Å². The third-order valence-electron chi connectivity index (χ3n) is 3.22. The summed E-state index contributed by atoms with van der Waals surface area (Å²) in [5, 5.41) is 5.95. The second-order valence-corrected chi connectivity index (χ2v) is 4.94. The number of anilines is 1. The van der Waals surface area contributed by atoms with Gasteiger partial charge in [0, 0.05) is 0 Å². The van der Waals surface area contributed by atoms with Gasteiger partial charge in [0.2, 0.25) is 5.82 Å². The first-order chi connectivity index (χ1) is 12.4. The molecule has 2 aromatic carbocycles. The zero-order chi connectivity index (χ0) is 18.7. The molecule has 1 aromatic heterocycles. The maximum Gasteiger partial charge on any atom is 0.387 e. The van der Waals surface area contributed by atoms with Gasteiger partial charge < -0.3 is 10.1 Å². The molecule has 3 aromatic rings. The van der Waals surface area contributed by atoms with Gasteiger partial charge in [-0.2, -0.15) is 8.78 Å². The lowest BCUT2D eigenvalue weighted by Crippen LogP contribution is -2.16. The van der Waals surface area contributed by atoms with Crippen molar-refractivity contribution in [2.45, 2.75) is 6.61 Å². The quantitative estimate of drug-likeness (QED) is 0.703. The number of hydrogen-bond acceptors (Lipinski definition) is 4. The molecule has 0 spiro atoms. The number of nitrogens with one attached hydrogen (secondary N) is 1. The van der Waals surface area contributed by atoms with Crippen molar-refractivity contribution in [3.63, 3.8) is 0 Å². The molecule has 0 fully saturated rings. The van der Waals surface area contributed by atoms with Gasteiger partial charge in [0.15, 0.2) is 0 Å². The first kappa shape index (κ1) is 17.4. The van der Waals surface area contributed by atoms with E-state index in [-0.39, 0.29) is 11.6 Å². The van der Waals surface area contributed by atoms with E-state index < -0.39 is 29.8 Å². The Morgan fingerprint density at radius 2 is 1.73 bits per heavy atom. The molecule has 6 nitrogen and oxygen atoms in total. The van der Waals surface area contributed by atoms with E-state index in [1.54, 1.807) is 0 Å². The highest BCUT2D eigenvalue weighted by molar-refractivity contribution is 6.01. The largest absolute Gasteiger partial charge is 0.435 e. The first-order valence-corrected chi connectivity index (χ1v) is 7.16. The SMILES string of the molecule is O=C(Nc1c(F)cccc1F)c1ncn(-c2ccc(OC(F)F)cc2)n1. The fraction of sp³-hybridized carbons (Fsp3) is 0.0625. The van der Waals surface area contributed by atoms with Gasteiger partial charge in [-0.15, -0.1) is 5.10 Å². The summed E-state index contributed by atoms with van der Waals surface area (Å²) >= 11 is 0. The van der Waals surface area contributed by atoms with Gasteiger partial charge >= 0.3 is 6.61 Å². The maximum absolute atomic E-state index is 13.6. The maximum atomic E-state index is 13.6. The topological polar surface area (TPSA) is 69.0 Å². The number of alkyl halides is 2. The molecule has 1 heterocycles. The molecular weight excluding hydrogens is 356 g/mol. The number of halogens is 4. The van der Waals surface area contributed by atoms with Crippen molar-refractivity contribution in [1.82, 2.24) is 14.8 Å². The van der Waals surface area contributed by atoms with E-state index in [0.717, 1.165) is 18.2 Å². The smallest absolute Gasteiger partial charge is 0.387 e. The Kier molecular flexibility index (Phi) is 4.83. The van der Waals surface area contributed by atoms with Gasteiger partial charge in [0.25, 0.3) is 5.91 Å². The van der Waals surface area contributed by atoms with Crippen molar-refractivity contribution in [3.8, 4) is 11.4 Å². The second-order valence-electron chi connectivity index (χ2n) is 4.94. The van der Waals surface area contributed by atoms with E-state index in [9.17, 15) is 22.4 Å². The summed E-state index contributed by atoms with van der Waals surface area (Å²) in [5.74, 6) is -3.16. The average Bonchev–Trinajstić information content (AvgIpc) is 3.08. The van der Waals surface area contributed by atoms with Crippen LogP contribution in [-0.2, 0) is 0 Å². The van der Waals surface area contributed by atoms with Crippen LogP contribution in [-0.4, -0.2) is 27.3 Å². The molecule has 3 rings (SSSR count). The molecule has 26 heavy (non-hydrogen) atoms. The molecular formula is C16H10F4N4O2. The number of hydrogen-bond donors (Lipinski definition) is 1. The molecule has 134 valence electrons. The molecule has 0 bridgehead atoms. The minimum Gasteiger partial charge on any atom is -0.435 e. The van der Waals surface area contributed by atoms with Crippen LogP contribution in [0.1, 0.15) is 10.6 Å². The van der Waals surface area contributed by atoms with E-state index in [4.69, 9.17) is 0 Å². The fourth-order valence-electron chi connectivity index (χ4n) is 2.06. The lowest BCUT2D eigenvalue weighted by Gasteiger charge is -2.06. The van der Waals surface area contributed by atoms with E-state index in [2.05, 4.69) is 20.1 Å². The predicted octanol–water partition coefficient (Wildman–Crippen LogP) is 3.40. The Balaban J connectivity index is 1.76. The summed E-state index contributed by atoms with van der Waals surface area (Å²) in [6.07, 6.45) is 1.19. The van der Waals surface area contributed by atoms with Crippen LogP contribution in [0.4, 0.5) is 23.2 Å². The predicted molar refractivity (Wildman–Crippen MR) is 82.3 cm³/mol. The summed E-state index contributed by atoms with van der Waals surface area (Å²) in [5.41, 5.74) is -0.197. The third kappa shape index (κ3) is 3.79. The average molecular weight is 366 g/mol. The summed E-state index contributed by atoms with van der Waals surface area (Å²) in [6.45, 7) is -2.94. The van der Waals surface area contributed by atoms with Gasteiger partial charge in [-0.05, 0) is 36.4 Å². The van der Waals surface area contributed by atoms with Crippen LogP contribution in [0.25, 0.3) is 5.69 Å². The van der Waals surface area contributed by atoms with Gasteiger partial charge in [-0.3, -0.25) is 4.79 Å². The number of ether oxygens (including phenoxy) is 1. The van der Waals surface area contributed by atoms with Crippen molar-refractivity contribution in [1.29, 1.82) is 0 Å². The minimum atomic E-state index is -2.94. The summed E-state index contributed by atoms with van der Waals surface area (Å²) < 4.78 is 56.8. The van der Waals surface area contributed by atoms with E-state index in [1.165, 1.54) is 35.3 Å². The molecule has 0 aliphatic heterocycles. The number of benzene rings is 2. The van der Waals surface area contributed by atoms with E-state index in [0.29, 0.717) is 5.69 Å². The highest BCUT2D eigenvalue weighted by atomic mass is 19.3. The number of aromatic nitrogens is 3. The minimum absolute atomic E-state index is 0.0446. The highest BCUT2D eigenvalue weighted by Gasteiger charge is 2.17. The molecule has 0 saturated heterocycles. The zero-order valence-corrected chi connectivity index (χ0v) is 12.9. The number of carbonyl (C=O) groups is 1. The highest BCUT2D eigenvalue weighted by Crippen LogP contribution is 2.19. The van der Waals surface area contributed by atoms with Crippen molar-refractivity contribution in [2.24, 2.45) is 0 Å². The van der Waals surface area contributed by atoms with Crippen molar-refractivity contribution in [3.05, 3.63) is 66.3 Å². The molecule has 0 radical (unpaired) electrons. The summed E-state index contributed by atoms with van der Waals surface area (Å²) in [4.78, 5) is 15.8. The Hall–Kier alpha value is -3.43. The van der Waals surface area contributed by atoms with Crippen molar-refractivity contribution in [2.75, 3.05) is 5.32 Å². The third-order valence-corrected chi connectivity index (χ3v) is 3.22. The standard InChI is InChI=1S/C16H10F4N4O2/c17-11-2-1-3-12(18)13(11)22-15(25)14-21-8-24(23-14)9-4-6-10(7-5-9)26-16(19)20/h1-8,16H,(H,22,25). The van der Waals surface area contributed by atoms with Crippen LogP contribution in [0.15, 0.2) is 48.8 Å². The van der Waals surface area contributed by atoms with Crippen LogP contribution >= 0.6 is 0 Å². The lowest BCUT2D eigenvalue weighted by molar-refractivity contribution is -0.0498. The number of amides is 1.